The first-order valence-electron chi connectivity index (χ1n) is 6.09. The van der Waals surface area contributed by atoms with E-state index in [1.165, 1.54) is 19.0 Å². The molecule has 0 aromatic carbocycles. The van der Waals surface area contributed by atoms with Crippen molar-refractivity contribution in [3.63, 3.8) is 0 Å². The average molecular weight is 263 g/mol. The summed E-state index contributed by atoms with van der Waals surface area (Å²) in [4.78, 5) is 16.4. The van der Waals surface area contributed by atoms with E-state index in [0.29, 0.717) is 11.3 Å². The van der Waals surface area contributed by atoms with Gasteiger partial charge in [0.25, 0.3) is 5.91 Å². The summed E-state index contributed by atoms with van der Waals surface area (Å²) >= 11 is 4.84. The van der Waals surface area contributed by atoms with Gasteiger partial charge in [-0.15, -0.1) is 0 Å². The summed E-state index contributed by atoms with van der Waals surface area (Å²) < 4.78 is 0. The molecule has 18 heavy (non-hydrogen) atoms. The van der Waals surface area contributed by atoms with E-state index in [4.69, 9.17) is 18.0 Å². The molecule has 1 fully saturated rings. The zero-order chi connectivity index (χ0) is 13.2. The van der Waals surface area contributed by atoms with E-state index >= 15 is 0 Å². The molecule has 1 aromatic rings. The number of hydrogen-bond donors (Lipinski definition) is 2. The topological polar surface area (TPSA) is 68.0 Å². The van der Waals surface area contributed by atoms with Crippen molar-refractivity contribution in [2.45, 2.75) is 38.1 Å². The second-order valence-corrected chi connectivity index (χ2v) is 5.46. The summed E-state index contributed by atoms with van der Waals surface area (Å²) in [5, 5.41) is 3.05. The third kappa shape index (κ3) is 2.85. The van der Waals surface area contributed by atoms with Gasteiger partial charge >= 0.3 is 0 Å². The van der Waals surface area contributed by atoms with Crippen LogP contribution in [0, 0.1) is 0 Å². The van der Waals surface area contributed by atoms with E-state index in [1.807, 2.05) is 0 Å². The second kappa shape index (κ2) is 5.02. The van der Waals surface area contributed by atoms with Crippen LogP contribution in [0.2, 0.25) is 0 Å². The van der Waals surface area contributed by atoms with Crippen molar-refractivity contribution < 1.29 is 4.79 Å². The van der Waals surface area contributed by atoms with Crippen LogP contribution < -0.4 is 11.1 Å². The Balaban J connectivity index is 2.07. The quantitative estimate of drug-likeness (QED) is 0.816. The summed E-state index contributed by atoms with van der Waals surface area (Å²) in [6, 6.07) is 3.38. The normalized spacial score (nSPS) is 17.4. The van der Waals surface area contributed by atoms with Crippen molar-refractivity contribution in [1.82, 2.24) is 10.3 Å². The molecule has 4 nitrogen and oxygen atoms in total. The molecule has 0 radical (unpaired) electrons. The first kappa shape index (κ1) is 13.0. The molecular weight excluding hydrogens is 246 g/mol. The lowest BCUT2D eigenvalue weighted by atomic mass is 10.0. The zero-order valence-corrected chi connectivity index (χ0v) is 11.2. The number of carbonyl (C=O) groups is 1. The molecule has 5 heteroatoms. The molecule has 0 unspecified atom stereocenters. The molecule has 3 N–H and O–H groups in total. The van der Waals surface area contributed by atoms with Gasteiger partial charge in [-0.3, -0.25) is 9.78 Å². The SMILES string of the molecule is CC1(NC(=O)c2ccc(C(N)=S)cn2)CCCC1. The standard InChI is InChI=1S/C13H17N3OS/c1-13(6-2-3-7-13)16-12(17)10-5-4-9(8-15-10)11(14)18/h4-5,8H,2-3,6-7H2,1H3,(H2,14,18)(H,16,17). The Morgan fingerprint density at radius 3 is 2.61 bits per heavy atom. The van der Waals surface area contributed by atoms with Crippen molar-refractivity contribution in [3.8, 4) is 0 Å². The van der Waals surface area contributed by atoms with Gasteiger partial charge in [0, 0.05) is 17.3 Å². The number of aromatic nitrogens is 1. The predicted molar refractivity (Wildman–Crippen MR) is 74.5 cm³/mol. The molecule has 0 aliphatic heterocycles. The molecule has 96 valence electrons. The van der Waals surface area contributed by atoms with Crippen LogP contribution in [0.15, 0.2) is 18.3 Å². The highest BCUT2D eigenvalue weighted by molar-refractivity contribution is 7.80. The van der Waals surface area contributed by atoms with E-state index in [-0.39, 0.29) is 16.4 Å². The van der Waals surface area contributed by atoms with Gasteiger partial charge < -0.3 is 11.1 Å². The first-order chi connectivity index (χ1) is 8.50. The number of pyridine rings is 1. The lowest BCUT2D eigenvalue weighted by Crippen LogP contribution is -2.43. The molecule has 1 heterocycles. The van der Waals surface area contributed by atoms with Crippen LogP contribution in [0.5, 0.6) is 0 Å². The Bertz CT molecular complexity index is 464. The highest BCUT2D eigenvalue weighted by atomic mass is 32.1. The van der Waals surface area contributed by atoms with Gasteiger partial charge in [0.05, 0.1) is 0 Å². The van der Waals surface area contributed by atoms with E-state index in [9.17, 15) is 4.79 Å². The molecule has 0 atom stereocenters. The maximum Gasteiger partial charge on any atom is 0.270 e. The second-order valence-electron chi connectivity index (χ2n) is 5.02. The van der Waals surface area contributed by atoms with Gasteiger partial charge in [-0.05, 0) is 31.9 Å². The van der Waals surface area contributed by atoms with Crippen LogP contribution in [0.3, 0.4) is 0 Å². The number of amides is 1. The fraction of sp³-hybridized carbons (Fsp3) is 0.462. The van der Waals surface area contributed by atoms with Gasteiger partial charge in [0.15, 0.2) is 0 Å². The van der Waals surface area contributed by atoms with Gasteiger partial charge in [-0.1, -0.05) is 25.1 Å². The van der Waals surface area contributed by atoms with Crippen LogP contribution in [0.4, 0.5) is 0 Å². The number of nitrogens with two attached hydrogens (primary N) is 1. The number of hydrogen-bond acceptors (Lipinski definition) is 3. The third-order valence-corrected chi connectivity index (χ3v) is 3.64. The summed E-state index contributed by atoms with van der Waals surface area (Å²) in [5.41, 5.74) is 6.48. The lowest BCUT2D eigenvalue weighted by molar-refractivity contribution is 0.0903. The Morgan fingerprint density at radius 1 is 1.44 bits per heavy atom. The average Bonchev–Trinajstić information content (AvgIpc) is 2.76. The predicted octanol–water partition coefficient (Wildman–Crippen LogP) is 1.78. The van der Waals surface area contributed by atoms with Gasteiger partial charge in [-0.25, -0.2) is 0 Å². The fourth-order valence-electron chi connectivity index (χ4n) is 2.29. The lowest BCUT2D eigenvalue weighted by Gasteiger charge is -2.24. The molecule has 0 spiro atoms. The summed E-state index contributed by atoms with van der Waals surface area (Å²) in [5.74, 6) is -0.131. The van der Waals surface area contributed by atoms with Crippen molar-refractivity contribution in [1.29, 1.82) is 0 Å². The molecule has 2 rings (SSSR count). The van der Waals surface area contributed by atoms with Crippen LogP contribution in [0.1, 0.15) is 48.7 Å². The van der Waals surface area contributed by atoms with E-state index in [0.717, 1.165) is 12.8 Å². The smallest absolute Gasteiger partial charge is 0.270 e. The molecule has 1 aliphatic rings. The minimum absolute atomic E-state index is 0.0827. The van der Waals surface area contributed by atoms with E-state index in [2.05, 4.69) is 17.2 Å². The van der Waals surface area contributed by atoms with Crippen LogP contribution in [-0.2, 0) is 0 Å². The molecule has 0 saturated heterocycles. The summed E-state index contributed by atoms with van der Waals surface area (Å²) in [6.45, 7) is 2.08. The maximum absolute atomic E-state index is 12.0. The van der Waals surface area contributed by atoms with Gasteiger partial charge in [-0.2, -0.15) is 0 Å². The van der Waals surface area contributed by atoms with Crippen molar-refractivity contribution in [2.75, 3.05) is 0 Å². The Morgan fingerprint density at radius 2 is 2.11 bits per heavy atom. The van der Waals surface area contributed by atoms with Crippen molar-refractivity contribution in [3.05, 3.63) is 29.6 Å². The van der Waals surface area contributed by atoms with Crippen molar-refractivity contribution >= 4 is 23.1 Å². The van der Waals surface area contributed by atoms with E-state index < -0.39 is 0 Å². The monoisotopic (exact) mass is 263 g/mol. The zero-order valence-electron chi connectivity index (χ0n) is 10.4. The number of thiocarbonyl (C=S) groups is 1. The number of carbonyl (C=O) groups excluding carboxylic acids is 1. The molecule has 1 aliphatic carbocycles. The minimum atomic E-state index is -0.131. The first-order valence-corrected chi connectivity index (χ1v) is 6.49. The number of rotatable bonds is 3. The largest absolute Gasteiger partial charge is 0.389 e. The van der Waals surface area contributed by atoms with E-state index in [1.54, 1.807) is 12.1 Å². The summed E-state index contributed by atoms with van der Waals surface area (Å²) in [6.07, 6.45) is 5.94. The molecule has 1 saturated carbocycles. The third-order valence-electron chi connectivity index (χ3n) is 3.40. The highest BCUT2D eigenvalue weighted by Crippen LogP contribution is 2.29. The molecule has 0 bridgehead atoms. The summed E-state index contributed by atoms with van der Waals surface area (Å²) in [7, 11) is 0. The highest BCUT2D eigenvalue weighted by Gasteiger charge is 2.30. The Hall–Kier alpha value is -1.49. The van der Waals surface area contributed by atoms with Crippen molar-refractivity contribution in [2.24, 2.45) is 5.73 Å². The minimum Gasteiger partial charge on any atom is -0.389 e. The Labute approximate surface area is 112 Å². The van der Waals surface area contributed by atoms with Crippen LogP contribution in [0.25, 0.3) is 0 Å². The van der Waals surface area contributed by atoms with Gasteiger partial charge in [0.2, 0.25) is 0 Å². The Kier molecular flexibility index (Phi) is 3.61. The molecule has 1 aromatic heterocycles. The number of nitrogens with one attached hydrogen (secondary N) is 1. The molecule has 1 amide bonds. The number of nitrogens with zero attached hydrogens (tertiary/aromatic N) is 1. The van der Waals surface area contributed by atoms with Crippen LogP contribution in [-0.4, -0.2) is 21.4 Å². The molecular formula is C13H17N3OS. The maximum atomic E-state index is 12.0. The fourth-order valence-corrected chi connectivity index (χ4v) is 2.41. The van der Waals surface area contributed by atoms with Crippen LogP contribution >= 0.6 is 12.2 Å². The van der Waals surface area contributed by atoms with Gasteiger partial charge in [0.1, 0.15) is 10.7 Å².